The second-order valence-corrected chi connectivity index (χ2v) is 8.71. The van der Waals surface area contributed by atoms with Crippen LogP contribution in [0.5, 0.6) is 0 Å². The summed E-state index contributed by atoms with van der Waals surface area (Å²) in [5.41, 5.74) is 1.42. The molecule has 1 saturated carbocycles. The molecule has 0 saturated heterocycles. The average Bonchev–Trinajstić information content (AvgIpc) is 2.63. The Hall–Kier alpha value is -0.920. The van der Waals surface area contributed by atoms with E-state index in [0.717, 1.165) is 0 Å². The summed E-state index contributed by atoms with van der Waals surface area (Å²) in [5.74, 6) is 0.347. The van der Waals surface area contributed by atoms with Crippen molar-refractivity contribution in [2.45, 2.75) is 46.1 Å². The SMILES string of the molecule is CNCc1n[nH]c(C)c1S(=O)(=O)NCC1C(C)(C)C1(C)C. The third-order valence-electron chi connectivity index (χ3n) is 5.37. The van der Waals surface area contributed by atoms with E-state index in [4.69, 9.17) is 0 Å². The summed E-state index contributed by atoms with van der Waals surface area (Å²) < 4.78 is 27.9. The number of hydrogen-bond acceptors (Lipinski definition) is 4. The molecule has 0 bridgehead atoms. The molecule has 0 amide bonds. The van der Waals surface area contributed by atoms with Crippen LogP contribution in [0.15, 0.2) is 4.90 Å². The first-order chi connectivity index (χ1) is 9.55. The summed E-state index contributed by atoms with van der Waals surface area (Å²) in [6, 6.07) is 0. The van der Waals surface area contributed by atoms with E-state index in [-0.39, 0.29) is 15.7 Å². The van der Waals surface area contributed by atoms with E-state index in [2.05, 4.69) is 47.9 Å². The largest absolute Gasteiger partial charge is 0.314 e. The van der Waals surface area contributed by atoms with Crippen LogP contribution >= 0.6 is 0 Å². The van der Waals surface area contributed by atoms with Gasteiger partial charge in [-0.3, -0.25) is 5.10 Å². The van der Waals surface area contributed by atoms with E-state index in [1.165, 1.54) is 0 Å². The average molecular weight is 314 g/mol. The molecule has 0 atom stereocenters. The fraction of sp³-hybridized carbons (Fsp3) is 0.786. The van der Waals surface area contributed by atoms with Crippen molar-refractivity contribution < 1.29 is 8.42 Å². The molecule has 1 heterocycles. The number of rotatable bonds is 6. The second kappa shape index (κ2) is 5.07. The van der Waals surface area contributed by atoms with Gasteiger partial charge in [0, 0.05) is 13.1 Å². The number of nitrogens with zero attached hydrogens (tertiary/aromatic N) is 1. The van der Waals surface area contributed by atoms with E-state index < -0.39 is 10.0 Å². The first-order valence-electron chi connectivity index (χ1n) is 7.24. The summed E-state index contributed by atoms with van der Waals surface area (Å²) in [5, 5.41) is 9.76. The zero-order chi connectivity index (χ0) is 16.1. The lowest BCUT2D eigenvalue weighted by Gasteiger charge is -2.09. The first kappa shape index (κ1) is 16.5. The Balaban J connectivity index is 2.15. The first-order valence-corrected chi connectivity index (χ1v) is 8.72. The van der Waals surface area contributed by atoms with Gasteiger partial charge < -0.3 is 5.32 Å². The molecular formula is C14H26N4O2S. The van der Waals surface area contributed by atoms with E-state index in [9.17, 15) is 8.42 Å². The van der Waals surface area contributed by atoms with E-state index in [1.807, 2.05) is 0 Å². The molecule has 120 valence electrons. The predicted molar refractivity (Wildman–Crippen MR) is 82.3 cm³/mol. The van der Waals surface area contributed by atoms with Crippen molar-refractivity contribution in [1.82, 2.24) is 20.2 Å². The van der Waals surface area contributed by atoms with E-state index in [0.29, 0.717) is 30.4 Å². The summed E-state index contributed by atoms with van der Waals surface area (Å²) in [6.07, 6.45) is 0. The topological polar surface area (TPSA) is 86.9 Å². The Bertz CT molecular complexity index is 617. The van der Waals surface area contributed by atoms with E-state index >= 15 is 0 Å². The minimum Gasteiger partial charge on any atom is -0.314 e. The van der Waals surface area contributed by atoms with Crippen LogP contribution in [-0.4, -0.2) is 32.2 Å². The highest BCUT2D eigenvalue weighted by Crippen LogP contribution is 2.67. The van der Waals surface area contributed by atoms with Gasteiger partial charge in [-0.2, -0.15) is 5.10 Å². The molecule has 1 aliphatic rings. The van der Waals surface area contributed by atoms with Gasteiger partial charge in [-0.15, -0.1) is 0 Å². The molecule has 6 nitrogen and oxygen atoms in total. The Kier molecular flexibility index (Phi) is 3.97. The fourth-order valence-corrected chi connectivity index (χ4v) is 4.63. The lowest BCUT2D eigenvalue weighted by atomic mass is 10.0. The number of hydrogen-bond donors (Lipinski definition) is 3. The van der Waals surface area contributed by atoms with E-state index in [1.54, 1.807) is 14.0 Å². The summed E-state index contributed by atoms with van der Waals surface area (Å²) >= 11 is 0. The van der Waals surface area contributed by atoms with Gasteiger partial charge in [0.2, 0.25) is 10.0 Å². The lowest BCUT2D eigenvalue weighted by Crippen LogP contribution is -2.28. The number of aryl methyl sites for hydroxylation is 1. The standard InChI is InChI=1S/C14H26N4O2S/c1-9-12(10(7-15-6)18-17-9)21(19,20)16-8-11-13(2,3)14(11,4)5/h11,15-16H,7-8H2,1-6H3,(H,17,18). The molecule has 3 N–H and O–H groups in total. The Labute approximate surface area is 127 Å². The van der Waals surface area contributed by atoms with Gasteiger partial charge in [-0.25, -0.2) is 13.1 Å². The van der Waals surface area contributed by atoms with Crippen LogP contribution < -0.4 is 10.0 Å². The molecule has 21 heavy (non-hydrogen) atoms. The minimum atomic E-state index is -3.54. The van der Waals surface area contributed by atoms with Gasteiger partial charge in [0.25, 0.3) is 0 Å². The third kappa shape index (κ3) is 2.62. The lowest BCUT2D eigenvalue weighted by molar-refractivity contribution is 0.457. The van der Waals surface area contributed by atoms with Crippen molar-refractivity contribution in [1.29, 1.82) is 0 Å². The Morgan fingerprint density at radius 1 is 1.24 bits per heavy atom. The van der Waals surface area contributed by atoms with Crippen molar-refractivity contribution in [2.75, 3.05) is 13.6 Å². The second-order valence-electron chi connectivity index (χ2n) is 7.00. The smallest absolute Gasteiger partial charge is 0.244 e. The zero-order valence-electron chi connectivity index (χ0n) is 13.7. The molecule has 0 aliphatic heterocycles. The van der Waals surface area contributed by atoms with Gasteiger partial charge in [-0.05, 0) is 30.7 Å². The summed E-state index contributed by atoms with van der Waals surface area (Å²) in [7, 11) is -1.77. The normalized spacial score (nSPS) is 20.7. The number of aromatic nitrogens is 2. The molecule has 7 heteroatoms. The van der Waals surface area contributed by atoms with Gasteiger partial charge in [0.1, 0.15) is 4.90 Å². The van der Waals surface area contributed by atoms with Crippen LogP contribution in [-0.2, 0) is 16.6 Å². The van der Waals surface area contributed by atoms with Gasteiger partial charge >= 0.3 is 0 Å². The maximum atomic E-state index is 12.6. The number of H-pyrrole nitrogens is 1. The third-order valence-corrected chi connectivity index (χ3v) is 7.00. The molecule has 1 aromatic heterocycles. The zero-order valence-corrected chi connectivity index (χ0v) is 14.5. The van der Waals surface area contributed by atoms with Gasteiger partial charge in [0.05, 0.1) is 11.4 Å². The van der Waals surface area contributed by atoms with Crippen LogP contribution in [0.25, 0.3) is 0 Å². The van der Waals surface area contributed by atoms with Crippen molar-refractivity contribution >= 4 is 10.0 Å². The number of sulfonamides is 1. The van der Waals surface area contributed by atoms with Crippen LogP contribution in [0.3, 0.4) is 0 Å². The van der Waals surface area contributed by atoms with Crippen LogP contribution in [0.4, 0.5) is 0 Å². The Morgan fingerprint density at radius 3 is 2.29 bits per heavy atom. The highest BCUT2D eigenvalue weighted by atomic mass is 32.2. The Morgan fingerprint density at radius 2 is 1.81 bits per heavy atom. The van der Waals surface area contributed by atoms with Gasteiger partial charge in [0.15, 0.2) is 0 Å². The quantitative estimate of drug-likeness (QED) is 0.741. The molecular weight excluding hydrogens is 288 g/mol. The monoisotopic (exact) mass is 314 g/mol. The van der Waals surface area contributed by atoms with Crippen molar-refractivity contribution in [2.24, 2.45) is 16.7 Å². The summed E-state index contributed by atoms with van der Waals surface area (Å²) in [4.78, 5) is 0.271. The number of aromatic amines is 1. The molecule has 0 aromatic carbocycles. The van der Waals surface area contributed by atoms with Crippen molar-refractivity contribution in [3.05, 3.63) is 11.4 Å². The van der Waals surface area contributed by atoms with Crippen molar-refractivity contribution in [3.63, 3.8) is 0 Å². The predicted octanol–water partition coefficient (Wildman–Crippen LogP) is 1.40. The van der Waals surface area contributed by atoms with Gasteiger partial charge in [-0.1, -0.05) is 27.7 Å². The summed E-state index contributed by atoms with van der Waals surface area (Å²) in [6.45, 7) is 11.3. The fourth-order valence-electron chi connectivity index (χ4n) is 3.22. The molecule has 0 unspecified atom stereocenters. The minimum absolute atomic E-state index is 0.161. The highest BCUT2D eigenvalue weighted by Gasteiger charge is 2.64. The van der Waals surface area contributed by atoms with Crippen molar-refractivity contribution in [3.8, 4) is 0 Å². The molecule has 0 spiro atoms. The highest BCUT2D eigenvalue weighted by molar-refractivity contribution is 7.89. The van der Waals surface area contributed by atoms with Crippen LogP contribution in [0, 0.1) is 23.7 Å². The molecule has 1 fully saturated rings. The van der Waals surface area contributed by atoms with Crippen LogP contribution in [0.1, 0.15) is 39.1 Å². The maximum Gasteiger partial charge on any atom is 0.244 e. The molecule has 1 aromatic rings. The van der Waals surface area contributed by atoms with Crippen LogP contribution in [0.2, 0.25) is 0 Å². The maximum absolute atomic E-state index is 12.6. The number of nitrogens with one attached hydrogen (secondary N) is 3. The molecule has 1 aliphatic carbocycles. The molecule has 0 radical (unpaired) electrons. The molecule has 2 rings (SSSR count).